The highest BCUT2D eigenvalue weighted by molar-refractivity contribution is 6.00. The van der Waals surface area contributed by atoms with Crippen LogP contribution in [0.25, 0.3) is 23.3 Å². The Bertz CT molecular complexity index is 930. The number of hydrogen-bond acceptors (Lipinski definition) is 3. The van der Waals surface area contributed by atoms with Gasteiger partial charge < -0.3 is 0 Å². The van der Waals surface area contributed by atoms with Crippen LogP contribution in [0.2, 0.25) is 0 Å². The van der Waals surface area contributed by atoms with E-state index in [1.54, 1.807) is 16.8 Å². The molecule has 1 atom stereocenters. The van der Waals surface area contributed by atoms with E-state index in [4.69, 9.17) is 0 Å². The van der Waals surface area contributed by atoms with Crippen molar-refractivity contribution in [3.05, 3.63) is 46.4 Å². The van der Waals surface area contributed by atoms with Gasteiger partial charge in [-0.3, -0.25) is 24.0 Å². The topological polar surface area (TPSA) is 73.1 Å². The Labute approximate surface area is 125 Å². The summed E-state index contributed by atoms with van der Waals surface area (Å²) < 4.78 is 3.04. The summed E-state index contributed by atoms with van der Waals surface area (Å²) in [7, 11) is 0. The van der Waals surface area contributed by atoms with Crippen LogP contribution in [-0.4, -0.2) is 20.9 Å². The van der Waals surface area contributed by atoms with Gasteiger partial charge in [-0.05, 0) is 18.6 Å². The van der Waals surface area contributed by atoms with Crippen LogP contribution in [0.1, 0.15) is 24.4 Å². The van der Waals surface area contributed by atoms with Gasteiger partial charge in [0.1, 0.15) is 6.04 Å². The second-order valence-electron chi connectivity index (χ2n) is 5.41. The van der Waals surface area contributed by atoms with E-state index in [0.29, 0.717) is 11.9 Å². The number of para-hydroxylation sites is 1. The third kappa shape index (κ3) is 1.70. The van der Waals surface area contributed by atoms with E-state index in [1.807, 2.05) is 30.4 Å². The Hall–Kier alpha value is -2.89. The number of hydrogen-bond donors (Lipinski definition) is 1. The van der Waals surface area contributed by atoms with Crippen molar-refractivity contribution < 1.29 is 9.59 Å². The Morgan fingerprint density at radius 3 is 2.82 bits per heavy atom. The molecular weight excluding hydrogens is 282 g/mol. The molecule has 6 heteroatoms. The van der Waals surface area contributed by atoms with E-state index < -0.39 is 11.9 Å². The summed E-state index contributed by atoms with van der Waals surface area (Å²) in [4.78, 5) is 36.2. The summed E-state index contributed by atoms with van der Waals surface area (Å²) in [6, 6.07) is 4.96. The lowest BCUT2D eigenvalue weighted by atomic mass is 10.1. The Morgan fingerprint density at radius 1 is 1.14 bits per heavy atom. The van der Waals surface area contributed by atoms with Crippen molar-refractivity contribution in [3.63, 3.8) is 0 Å². The van der Waals surface area contributed by atoms with Crippen LogP contribution in [-0.2, 0) is 9.59 Å². The Kier molecular flexibility index (Phi) is 2.66. The van der Waals surface area contributed by atoms with Gasteiger partial charge >= 0.3 is 5.69 Å². The van der Waals surface area contributed by atoms with Crippen molar-refractivity contribution in [3.8, 4) is 0 Å². The molecule has 4 rings (SSSR count). The lowest BCUT2D eigenvalue weighted by Crippen LogP contribution is -2.44. The molecule has 0 saturated carbocycles. The summed E-state index contributed by atoms with van der Waals surface area (Å²) in [5.41, 5.74) is 2.14. The zero-order valence-electron chi connectivity index (χ0n) is 11.7. The van der Waals surface area contributed by atoms with Crippen molar-refractivity contribution in [2.45, 2.75) is 18.9 Å². The average Bonchev–Trinajstić information content (AvgIpc) is 2.66. The monoisotopic (exact) mass is 295 g/mol. The molecule has 1 saturated heterocycles. The summed E-state index contributed by atoms with van der Waals surface area (Å²) >= 11 is 0. The van der Waals surface area contributed by atoms with E-state index >= 15 is 0 Å². The van der Waals surface area contributed by atoms with Gasteiger partial charge in [0, 0.05) is 18.2 Å². The highest BCUT2D eigenvalue weighted by atomic mass is 16.2. The molecule has 0 spiro atoms. The Balaban J connectivity index is 2.01. The van der Waals surface area contributed by atoms with Crippen LogP contribution in [0.3, 0.4) is 0 Å². The van der Waals surface area contributed by atoms with Crippen molar-refractivity contribution in [1.29, 1.82) is 0 Å². The molecule has 2 aromatic rings. The van der Waals surface area contributed by atoms with Crippen LogP contribution in [0.4, 0.5) is 0 Å². The molecule has 0 bridgehead atoms. The minimum absolute atomic E-state index is 0.241. The number of nitrogens with one attached hydrogen (secondary N) is 1. The first-order valence-electron chi connectivity index (χ1n) is 7.11. The van der Waals surface area contributed by atoms with Gasteiger partial charge in [0.15, 0.2) is 0 Å². The van der Waals surface area contributed by atoms with E-state index in [-0.39, 0.29) is 18.0 Å². The quantitative estimate of drug-likeness (QED) is 0.805. The number of aromatic nitrogens is 2. The smallest absolute Gasteiger partial charge is 0.295 e. The van der Waals surface area contributed by atoms with Gasteiger partial charge in [-0.2, -0.15) is 0 Å². The van der Waals surface area contributed by atoms with Crippen LogP contribution in [0.5, 0.6) is 0 Å². The third-order valence-electron chi connectivity index (χ3n) is 4.10. The third-order valence-corrected chi connectivity index (χ3v) is 4.10. The van der Waals surface area contributed by atoms with Gasteiger partial charge in [0.2, 0.25) is 11.8 Å². The second-order valence-corrected chi connectivity index (χ2v) is 5.41. The van der Waals surface area contributed by atoms with Gasteiger partial charge in [-0.1, -0.05) is 24.3 Å². The highest BCUT2D eigenvalue weighted by Crippen LogP contribution is 2.26. The molecule has 3 heterocycles. The fourth-order valence-electron chi connectivity index (χ4n) is 3.12. The molecule has 1 N–H and O–H groups in total. The van der Waals surface area contributed by atoms with E-state index in [0.717, 1.165) is 11.1 Å². The molecule has 6 nitrogen and oxygen atoms in total. The number of allylic oxidation sites excluding steroid dienone is 2. The van der Waals surface area contributed by atoms with Crippen molar-refractivity contribution in [2.75, 3.05) is 0 Å². The predicted molar refractivity (Wildman–Crippen MR) is 82.0 cm³/mol. The molecule has 2 aliphatic rings. The molecular formula is C16H13N3O3. The first-order valence-corrected chi connectivity index (χ1v) is 7.11. The number of rotatable bonds is 1. The molecule has 1 fully saturated rings. The number of carbonyl (C=O) groups is 2. The molecule has 2 aliphatic heterocycles. The van der Waals surface area contributed by atoms with Gasteiger partial charge in [-0.15, -0.1) is 0 Å². The molecule has 1 unspecified atom stereocenters. The fraction of sp³-hybridized carbons (Fsp3) is 0.188. The number of nitrogens with zero attached hydrogens (tertiary/aromatic N) is 2. The lowest BCUT2D eigenvalue weighted by Gasteiger charge is -2.21. The van der Waals surface area contributed by atoms with Gasteiger partial charge in [0.25, 0.3) is 0 Å². The molecule has 2 amide bonds. The first-order chi connectivity index (χ1) is 10.7. The molecule has 0 aliphatic carbocycles. The highest BCUT2D eigenvalue weighted by Gasteiger charge is 2.31. The summed E-state index contributed by atoms with van der Waals surface area (Å²) in [5, 5.41) is 2.31. The number of imidazole rings is 1. The van der Waals surface area contributed by atoms with E-state index in [9.17, 15) is 14.4 Å². The standard InChI is InChI=1S/C16H13N3O3/c20-13-8-7-12(15(21)17-13)19-11-6-3-5-10-4-1-2-9-18(14(10)11)16(19)22/h1-6,9,12H,7-8H2,(H,17,20,21). The zero-order valence-corrected chi connectivity index (χ0v) is 11.7. The maximum absolute atomic E-state index is 12.8. The van der Waals surface area contributed by atoms with Crippen molar-refractivity contribution in [2.24, 2.45) is 0 Å². The number of imide groups is 1. The molecule has 0 radical (unpaired) electrons. The fourth-order valence-corrected chi connectivity index (χ4v) is 3.12. The molecule has 22 heavy (non-hydrogen) atoms. The van der Waals surface area contributed by atoms with Crippen LogP contribution in [0.15, 0.2) is 35.1 Å². The predicted octanol–water partition coefficient (Wildman–Crippen LogP) is 1.28. The van der Waals surface area contributed by atoms with Crippen LogP contribution < -0.4 is 11.0 Å². The summed E-state index contributed by atoms with van der Waals surface area (Å²) in [5.74, 6) is -0.706. The normalized spacial score (nSPS) is 20.3. The van der Waals surface area contributed by atoms with Gasteiger partial charge in [0.05, 0.1) is 11.0 Å². The van der Waals surface area contributed by atoms with Crippen LogP contribution in [0, 0.1) is 0 Å². The van der Waals surface area contributed by atoms with E-state index in [1.165, 1.54) is 4.57 Å². The number of carbonyl (C=O) groups excluding carboxylic acids is 2. The maximum Gasteiger partial charge on any atom is 0.333 e. The van der Waals surface area contributed by atoms with Crippen LogP contribution >= 0.6 is 0 Å². The Morgan fingerprint density at radius 2 is 2.00 bits per heavy atom. The first kappa shape index (κ1) is 12.8. The van der Waals surface area contributed by atoms with E-state index in [2.05, 4.69) is 5.32 Å². The molecule has 110 valence electrons. The minimum atomic E-state index is -0.652. The minimum Gasteiger partial charge on any atom is -0.295 e. The average molecular weight is 295 g/mol. The number of benzene rings is 1. The largest absolute Gasteiger partial charge is 0.333 e. The molecule has 1 aromatic heterocycles. The SMILES string of the molecule is O=C1CCC(n2c(=O)n3c4c(cccc42)C=CC=C3)C(=O)N1. The lowest BCUT2D eigenvalue weighted by molar-refractivity contribution is -0.135. The molecule has 1 aromatic carbocycles. The number of amides is 2. The number of piperidine rings is 1. The zero-order chi connectivity index (χ0) is 15.3. The van der Waals surface area contributed by atoms with Crippen molar-refractivity contribution in [1.82, 2.24) is 14.5 Å². The van der Waals surface area contributed by atoms with Crippen molar-refractivity contribution >= 4 is 35.1 Å². The summed E-state index contributed by atoms with van der Waals surface area (Å²) in [6.07, 6.45) is 7.86. The maximum atomic E-state index is 12.8. The van der Waals surface area contributed by atoms with Gasteiger partial charge in [-0.25, -0.2) is 4.79 Å². The summed E-state index contributed by atoms with van der Waals surface area (Å²) in [6.45, 7) is 0. The second kappa shape index (κ2) is 4.56.